The molecule has 2 rings (SSSR count). The predicted molar refractivity (Wildman–Crippen MR) is 64.6 cm³/mol. The topological polar surface area (TPSA) is 88.0 Å². The molecule has 0 saturated carbocycles. The lowest BCUT2D eigenvalue weighted by molar-refractivity contribution is 0.462. The fraction of sp³-hybridized carbons (Fsp3) is 0. The Kier molecular flexibility index (Phi) is 2.87. The number of benzene rings is 2. The van der Waals surface area contributed by atoms with Crippen LogP contribution in [0.3, 0.4) is 0 Å². The van der Waals surface area contributed by atoms with Crippen LogP contribution in [0.2, 0.25) is 0 Å². The lowest BCUT2D eigenvalue weighted by Gasteiger charge is -2.06. The van der Waals surface area contributed by atoms with E-state index in [9.17, 15) is 10.2 Å². The van der Waals surface area contributed by atoms with Gasteiger partial charge in [-0.3, -0.25) is 0 Å². The van der Waals surface area contributed by atoms with Crippen LogP contribution in [-0.2, 0) is 0 Å². The van der Waals surface area contributed by atoms with Crippen molar-refractivity contribution in [1.29, 1.82) is 10.5 Å². The van der Waals surface area contributed by atoms with Crippen LogP contribution >= 0.6 is 0 Å². The van der Waals surface area contributed by atoms with Crippen LogP contribution < -0.4 is 0 Å². The van der Waals surface area contributed by atoms with Gasteiger partial charge in [-0.15, -0.1) is 0 Å². The molecule has 4 nitrogen and oxygen atoms in total. The normalized spacial score (nSPS) is 9.44. The Bertz CT molecular complexity index is 694. The van der Waals surface area contributed by atoms with Crippen LogP contribution in [0.1, 0.15) is 11.1 Å². The largest absolute Gasteiger partial charge is 0.508 e. The molecule has 0 fully saturated rings. The van der Waals surface area contributed by atoms with Gasteiger partial charge in [0.15, 0.2) is 0 Å². The molecule has 0 radical (unpaired) electrons. The van der Waals surface area contributed by atoms with Gasteiger partial charge in [0.05, 0.1) is 11.1 Å². The van der Waals surface area contributed by atoms with E-state index in [1.165, 1.54) is 30.3 Å². The fourth-order valence-electron chi connectivity index (χ4n) is 1.66. The van der Waals surface area contributed by atoms with Gasteiger partial charge in [0, 0.05) is 5.56 Å². The first-order valence-corrected chi connectivity index (χ1v) is 5.12. The van der Waals surface area contributed by atoms with Crippen LogP contribution in [0.4, 0.5) is 0 Å². The quantitative estimate of drug-likeness (QED) is 0.744. The van der Waals surface area contributed by atoms with Crippen molar-refractivity contribution in [2.45, 2.75) is 0 Å². The van der Waals surface area contributed by atoms with Gasteiger partial charge >= 0.3 is 0 Å². The van der Waals surface area contributed by atoms with Gasteiger partial charge in [0.1, 0.15) is 23.6 Å². The predicted octanol–water partition coefficient (Wildman–Crippen LogP) is 2.51. The van der Waals surface area contributed by atoms with Crippen molar-refractivity contribution in [3.63, 3.8) is 0 Å². The summed E-state index contributed by atoms with van der Waals surface area (Å²) in [7, 11) is 0. The van der Waals surface area contributed by atoms with E-state index < -0.39 is 0 Å². The van der Waals surface area contributed by atoms with Crippen molar-refractivity contribution < 1.29 is 10.2 Å². The Morgan fingerprint density at radius 2 is 1.56 bits per heavy atom. The molecule has 0 atom stereocenters. The molecule has 0 unspecified atom stereocenters. The monoisotopic (exact) mass is 236 g/mol. The second-order valence-corrected chi connectivity index (χ2v) is 3.69. The summed E-state index contributed by atoms with van der Waals surface area (Å²) in [6.07, 6.45) is 0. The summed E-state index contributed by atoms with van der Waals surface area (Å²) < 4.78 is 0. The van der Waals surface area contributed by atoms with Gasteiger partial charge in [-0.25, -0.2) is 0 Å². The molecule has 2 aromatic rings. The van der Waals surface area contributed by atoms with Crippen molar-refractivity contribution in [2.75, 3.05) is 0 Å². The van der Waals surface area contributed by atoms with E-state index in [-0.39, 0.29) is 22.6 Å². The van der Waals surface area contributed by atoms with E-state index in [0.29, 0.717) is 11.1 Å². The average Bonchev–Trinajstić information content (AvgIpc) is 2.40. The molecule has 86 valence electrons. The molecular formula is C14H8N2O2. The van der Waals surface area contributed by atoms with E-state index in [0.717, 1.165) is 0 Å². The van der Waals surface area contributed by atoms with Crippen molar-refractivity contribution in [2.24, 2.45) is 0 Å². The summed E-state index contributed by atoms with van der Waals surface area (Å²) in [4.78, 5) is 0. The maximum Gasteiger partial charge on any atom is 0.123 e. The Balaban J connectivity index is 2.63. The van der Waals surface area contributed by atoms with Crippen LogP contribution in [0.5, 0.6) is 11.5 Å². The van der Waals surface area contributed by atoms with E-state index >= 15 is 0 Å². The summed E-state index contributed by atoms with van der Waals surface area (Å²) >= 11 is 0. The number of aromatic hydroxyl groups is 2. The molecule has 0 aliphatic rings. The molecular weight excluding hydrogens is 228 g/mol. The third-order valence-electron chi connectivity index (χ3n) is 2.55. The van der Waals surface area contributed by atoms with Crippen molar-refractivity contribution in [3.8, 4) is 34.8 Å². The zero-order chi connectivity index (χ0) is 13.1. The van der Waals surface area contributed by atoms with E-state index in [1.807, 2.05) is 12.1 Å². The standard InChI is InChI=1S/C14H8N2O2/c15-7-10-2-1-9(5-11(10)8-16)13-6-12(17)3-4-14(13)18/h1-6,17-18H. The first kappa shape index (κ1) is 11.5. The number of hydrogen-bond acceptors (Lipinski definition) is 4. The minimum atomic E-state index is 0.00129. The molecule has 2 aromatic carbocycles. The van der Waals surface area contributed by atoms with Gasteiger partial charge in [0.25, 0.3) is 0 Å². The highest BCUT2D eigenvalue weighted by Gasteiger charge is 2.08. The van der Waals surface area contributed by atoms with Crippen LogP contribution in [0, 0.1) is 22.7 Å². The van der Waals surface area contributed by atoms with Crippen molar-refractivity contribution >= 4 is 0 Å². The summed E-state index contributed by atoms with van der Waals surface area (Å²) in [6.45, 7) is 0. The Morgan fingerprint density at radius 1 is 0.833 bits per heavy atom. The first-order valence-electron chi connectivity index (χ1n) is 5.12. The highest BCUT2D eigenvalue weighted by molar-refractivity contribution is 5.73. The number of phenols is 2. The van der Waals surface area contributed by atoms with Gasteiger partial charge in [-0.1, -0.05) is 6.07 Å². The number of hydrogen-bond donors (Lipinski definition) is 2. The third kappa shape index (κ3) is 1.95. The molecule has 0 heterocycles. The number of nitriles is 2. The van der Waals surface area contributed by atoms with Gasteiger partial charge in [0.2, 0.25) is 0 Å². The highest BCUT2D eigenvalue weighted by Crippen LogP contribution is 2.33. The van der Waals surface area contributed by atoms with Gasteiger partial charge in [-0.2, -0.15) is 10.5 Å². The smallest absolute Gasteiger partial charge is 0.123 e. The molecule has 4 heteroatoms. The average molecular weight is 236 g/mol. The molecule has 0 saturated heterocycles. The summed E-state index contributed by atoms with van der Waals surface area (Å²) in [5, 5.41) is 36.9. The molecule has 0 bridgehead atoms. The lowest BCUT2D eigenvalue weighted by atomic mass is 9.99. The minimum absolute atomic E-state index is 0.00129. The Morgan fingerprint density at radius 3 is 2.22 bits per heavy atom. The Hall–Kier alpha value is -2.98. The maximum absolute atomic E-state index is 9.72. The van der Waals surface area contributed by atoms with E-state index in [2.05, 4.69) is 0 Å². The van der Waals surface area contributed by atoms with Crippen molar-refractivity contribution in [3.05, 3.63) is 47.5 Å². The lowest BCUT2D eigenvalue weighted by Crippen LogP contribution is -1.86. The van der Waals surface area contributed by atoms with Gasteiger partial charge < -0.3 is 10.2 Å². The number of rotatable bonds is 1. The van der Waals surface area contributed by atoms with Crippen LogP contribution in [0.25, 0.3) is 11.1 Å². The maximum atomic E-state index is 9.72. The minimum Gasteiger partial charge on any atom is -0.508 e. The zero-order valence-electron chi connectivity index (χ0n) is 9.25. The Labute approximate surface area is 104 Å². The van der Waals surface area contributed by atoms with E-state index in [1.54, 1.807) is 6.07 Å². The fourth-order valence-corrected chi connectivity index (χ4v) is 1.66. The van der Waals surface area contributed by atoms with Crippen LogP contribution in [0.15, 0.2) is 36.4 Å². The second kappa shape index (κ2) is 4.48. The molecule has 0 aliphatic carbocycles. The molecule has 0 aliphatic heterocycles. The molecule has 0 amide bonds. The van der Waals surface area contributed by atoms with Crippen LogP contribution in [-0.4, -0.2) is 10.2 Å². The summed E-state index contributed by atoms with van der Waals surface area (Å²) in [5.74, 6) is 0.0204. The van der Waals surface area contributed by atoms with Gasteiger partial charge in [-0.05, 0) is 35.9 Å². The van der Waals surface area contributed by atoms with Crippen molar-refractivity contribution in [1.82, 2.24) is 0 Å². The molecule has 18 heavy (non-hydrogen) atoms. The first-order chi connectivity index (χ1) is 8.65. The second-order valence-electron chi connectivity index (χ2n) is 3.69. The third-order valence-corrected chi connectivity index (χ3v) is 2.55. The SMILES string of the molecule is N#Cc1ccc(-c2cc(O)ccc2O)cc1C#N. The molecule has 2 N–H and O–H groups in total. The zero-order valence-corrected chi connectivity index (χ0v) is 9.25. The summed E-state index contributed by atoms with van der Waals surface area (Å²) in [5.41, 5.74) is 1.49. The number of nitrogens with zero attached hydrogens (tertiary/aromatic N) is 2. The number of phenolic OH excluding ortho intramolecular Hbond substituents is 2. The molecule has 0 spiro atoms. The molecule has 0 aromatic heterocycles. The van der Waals surface area contributed by atoms with E-state index in [4.69, 9.17) is 10.5 Å². The highest BCUT2D eigenvalue weighted by atomic mass is 16.3. The summed E-state index contributed by atoms with van der Waals surface area (Å²) in [6, 6.07) is 12.6.